The smallest absolute Gasteiger partial charge is 0.339 e. The van der Waals surface area contributed by atoms with Crippen molar-refractivity contribution in [2.24, 2.45) is 0 Å². The average molecular weight is 271 g/mol. The van der Waals surface area contributed by atoms with E-state index < -0.39 is 5.97 Å². The Morgan fingerprint density at radius 1 is 1.42 bits per heavy atom. The molecule has 0 saturated carbocycles. The molecule has 0 saturated heterocycles. The van der Waals surface area contributed by atoms with Gasteiger partial charge in [-0.3, -0.25) is 4.79 Å². The third kappa shape index (κ3) is 5.11. The molecule has 1 aromatic rings. The van der Waals surface area contributed by atoms with Crippen LogP contribution in [0.4, 0.5) is 0 Å². The standard InChI is InChI=1S/C12H17NO6/c1-8-10(12(15)16)5-9(19-8)6-13-11(14)7-18-4-3-17-2/h5H,3-4,6-7H2,1-2H3,(H,13,14)(H,15,16). The van der Waals surface area contributed by atoms with Crippen molar-refractivity contribution in [3.63, 3.8) is 0 Å². The maximum absolute atomic E-state index is 11.4. The van der Waals surface area contributed by atoms with Crippen molar-refractivity contribution in [1.82, 2.24) is 5.32 Å². The van der Waals surface area contributed by atoms with Crippen LogP contribution in [0.15, 0.2) is 10.5 Å². The highest BCUT2D eigenvalue weighted by Crippen LogP contribution is 2.14. The molecule has 1 aromatic heterocycles. The molecule has 0 unspecified atom stereocenters. The molecule has 7 heteroatoms. The van der Waals surface area contributed by atoms with Gasteiger partial charge < -0.3 is 24.3 Å². The quantitative estimate of drug-likeness (QED) is 0.671. The predicted octanol–water partition coefficient (Wildman–Crippen LogP) is 0.565. The molecule has 0 aliphatic carbocycles. The first-order valence-corrected chi connectivity index (χ1v) is 5.70. The lowest BCUT2D eigenvalue weighted by Crippen LogP contribution is -2.27. The van der Waals surface area contributed by atoms with Gasteiger partial charge >= 0.3 is 5.97 Å². The Hall–Kier alpha value is -1.86. The molecule has 106 valence electrons. The zero-order valence-corrected chi connectivity index (χ0v) is 10.9. The third-order valence-electron chi connectivity index (χ3n) is 2.32. The monoisotopic (exact) mass is 271 g/mol. The van der Waals surface area contributed by atoms with E-state index in [1.165, 1.54) is 6.07 Å². The lowest BCUT2D eigenvalue weighted by molar-refractivity contribution is -0.126. The van der Waals surface area contributed by atoms with E-state index in [9.17, 15) is 9.59 Å². The maximum Gasteiger partial charge on any atom is 0.339 e. The van der Waals surface area contributed by atoms with Gasteiger partial charge in [0.05, 0.1) is 19.8 Å². The Balaban J connectivity index is 2.34. The largest absolute Gasteiger partial charge is 0.478 e. The van der Waals surface area contributed by atoms with E-state index in [4.69, 9.17) is 19.0 Å². The first kappa shape index (κ1) is 15.2. The van der Waals surface area contributed by atoms with Gasteiger partial charge in [0, 0.05) is 7.11 Å². The minimum Gasteiger partial charge on any atom is -0.478 e. The molecule has 0 fully saturated rings. The summed E-state index contributed by atoms with van der Waals surface area (Å²) < 4.78 is 15.0. The number of aryl methyl sites for hydroxylation is 1. The minimum absolute atomic E-state index is 0.0746. The van der Waals surface area contributed by atoms with Crippen LogP contribution in [0.5, 0.6) is 0 Å². The Labute approximate surface area is 110 Å². The number of hydrogen-bond donors (Lipinski definition) is 2. The number of aromatic carboxylic acids is 1. The van der Waals surface area contributed by atoms with E-state index in [0.717, 1.165) is 0 Å². The summed E-state index contributed by atoms with van der Waals surface area (Å²) in [5, 5.41) is 11.4. The van der Waals surface area contributed by atoms with Gasteiger partial charge in [0.1, 0.15) is 23.7 Å². The first-order chi connectivity index (χ1) is 9.04. The molecule has 0 aromatic carbocycles. The second kappa shape index (κ2) is 7.55. The van der Waals surface area contributed by atoms with E-state index in [-0.39, 0.29) is 24.6 Å². The van der Waals surface area contributed by atoms with Gasteiger partial charge in [-0.2, -0.15) is 0 Å². The Bertz CT molecular complexity index is 439. The summed E-state index contributed by atoms with van der Waals surface area (Å²) >= 11 is 0. The second-order valence-corrected chi connectivity index (χ2v) is 3.81. The van der Waals surface area contributed by atoms with Crippen molar-refractivity contribution in [1.29, 1.82) is 0 Å². The fourth-order valence-electron chi connectivity index (χ4n) is 1.39. The molecule has 0 radical (unpaired) electrons. The number of methoxy groups -OCH3 is 1. The average Bonchev–Trinajstić information content (AvgIpc) is 2.74. The van der Waals surface area contributed by atoms with Crippen molar-refractivity contribution < 1.29 is 28.6 Å². The summed E-state index contributed by atoms with van der Waals surface area (Å²) in [6.07, 6.45) is 0. The normalized spacial score (nSPS) is 10.4. The first-order valence-electron chi connectivity index (χ1n) is 5.70. The number of rotatable bonds is 8. The van der Waals surface area contributed by atoms with Crippen molar-refractivity contribution in [3.05, 3.63) is 23.2 Å². The van der Waals surface area contributed by atoms with Gasteiger partial charge in [0.25, 0.3) is 0 Å². The highest BCUT2D eigenvalue weighted by molar-refractivity contribution is 5.88. The number of carboxylic acids is 1. The van der Waals surface area contributed by atoms with Crippen LogP contribution < -0.4 is 5.32 Å². The highest BCUT2D eigenvalue weighted by atomic mass is 16.5. The second-order valence-electron chi connectivity index (χ2n) is 3.81. The van der Waals surface area contributed by atoms with E-state index in [1.54, 1.807) is 14.0 Å². The van der Waals surface area contributed by atoms with E-state index in [0.29, 0.717) is 24.7 Å². The number of ether oxygens (including phenoxy) is 2. The molecule has 0 aliphatic rings. The van der Waals surface area contributed by atoms with Crippen molar-refractivity contribution in [3.8, 4) is 0 Å². The zero-order chi connectivity index (χ0) is 14.3. The number of amides is 1. The molecule has 7 nitrogen and oxygen atoms in total. The van der Waals surface area contributed by atoms with Gasteiger partial charge in [-0.1, -0.05) is 0 Å². The number of hydrogen-bond acceptors (Lipinski definition) is 5. The molecule has 0 spiro atoms. The molecule has 1 amide bonds. The minimum atomic E-state index is -1.05. The molecule has 0 bridgehead atoms. The lowest BCUT2D eigenvalue weighted by atomic mass is 10.2. The van der Waals surface area contributed by atoms with Gasteiger partial charge in [-0.15, -0.1) is 0 Å². The molecule has 2 N–H and O–H groups in total. The molecule has 1 rings (SSSR count). The summed E-state index contributed by atoms with van der Waals surface area (Å²) in [5.41, 5.74) is 0.0978. The lowest BCUT2D eigenvalue weighted by Gasteiger charge is -2.04. The van der Waals surface area contributed by atoms with Crippen LogP contribution in [0, 0.1) is 6.92 Å². The van der Waals surface area contributed by atoms with Crippen LogP contribution >= 0.6 is 0 Å². The van der Waals surface area contributed by atoms with Gasteiger partial charge in [0.15, 0.2) is 0 Å². The summed E-state index contributed by atoms with van der Waals surface area (Å²) in [7, 11) is 1.54. The predicted molar refractivity (Wildman–Crippen MR) is 64.9 cm³/mol. The summed E-state index contributed by atoms with van der Waals surface area (Å²) in [6.45, 7) is 2.37. The van der Waals surface area contributed by atoms with Gasteiger partial charge in [0.2, 0.25) is 5.91 Å². The molecular weight excluding hydrogens is 254 g/mol. The van der Waals surface area contributed by atoms with Crippen LogP contribution in [0.25, 0.3) is 0 Å². The molecular formula is C12H17NO6. The summed E-state index contributed by atoms with van der Waals surface area (Å²) in [5.74, 6) is -0.656. The number of carboxylic acid groups (broad SMARTS) is 1. The van der Waals surface area contributed by atoms with Crippen LogP contribution in [0.3, 0.4) is 0 Å². The summed E-state index contributed by atoms with van der Waals surface area (Å²) in [4.78, 5) is 22.2. The Morgan fingerprint density at radius 3 is 2.74 bits per heavy atom. The van der Waals surface area contributed by atoms with Gasteiger partial charge in [-0.05, 0) is 13.0 Å². The molecule has 0 atom stereocenters. The SMILES string of the molecule is COCCOCC(=O)NCc1cc(C(=O)O)c(C)o1. The molecule has 0 aliphatic heterocycles. The highest BCUT2D eigenvalue weighted by Gasteiger charge is 2.13. The van der Waals surface area contributed by atoms with Crippen LogP contribution in [-0.2, 0) is 20.8 Å². The Kier molecular flexibility index (Phi) is 6.04. The summed E-state index contributed by atoms with van der Waals surface area (Å²) in [6, 6.07) is 1.39. The number of carbonyl (C=O) groups excluding carboxylic acids is 1. The van der Waals surface area contributed by atoms with Gasteiger partial charge in [-0.25, -0.2) is 4.79 Å². The zero-order valence-electron chi connectivity index (χ0n) is 10.9. The van der Waals surface area contributed by atoms with Crippen molar-refractivity contribution >= 4 is 11.9 Å². The van der Waals surface area contributed by atoms with E-state index >= 15 is 0 Å². The topological polar surface area (TPSA) is 98.0 Å². The van der Waals surface area contributed by atoms with E-state index in [2.05, 4.69) is 5.32 Å². The molecule has 1 heterocycles. The number of carbonyl (C=O) groups is 2. The van der Waals surface area contributed by atoms with E-state index in [1.807, 2.05) is 0 Å². The van der Waals surface area contributed by atoms with Crippen LogP contribution in [0.2, 0.25) is 0 Å². The number of nitrogens with one attached hydrogen (secondary N) is 1. The maximum atomic E-state index is 11.4. The van der Waals surface area contributed by atoms with Crippen molar-refractivity contribution in [2.75, 3.05) is 26.9 Å². The van der Waals surface area contributed by atoms with Crippen LogP contribution in [-0.4, -0.2) is 43.9 Å². The fourth-order valence-corrected chi connectivity index (χ4v) is 1.39. The third-order valence-corrected chi connectivity index (χ3v) is 2.32. The fraction of sp³-hybridized carbons (Fsp3) is 0.500. The van der Waals surface area contributed by atoms with Crippen molar-refractivity contribution in [2.45, 2.75) is 13.5 Å². The van der Waals surface area contributed by atoms with Crippen LogP contribution in [0.1, 0.15) is 21.9 Å². The molecule has 19 heavy (non-hydrogen) atoms. The number of furan rings is 1. The Morgan fingerprint density at radius 2 is 2.16 bits per heavy atom.